The van der Waals surface area contributed by atoms with Crippen LogP contribution in [0.2, 0.25) is 0 Å². The Hall–Kier alpha value is -1.23. The first-order valence-electron chi connectivity index (χ1n) is 7.36. The lowest BCUT2D eigenvalue weighted by atomic mass is 10.1. The molecule has 20 heavy (non-hydrogen) atoms. The molecule has 0 amide bonds. The van der Waals surface area contributed by atoms with Gasteiger partial charge in [0.25, 0.3) is 0 Å². The molecule has 0 atom stereocenters. The van der Waals surface area contributed by atoms with E-state index in [1.807, 2.05) is 12.1 Å². The van der Waals surface area contributed by atoms with E-state index in [0.29, 0.717) is 6.54 Å². The van der Waals surface area contributed by atoms with E-state index in [9.17, 15) is 4.79 Å². The molecular formula is C16H25N3O. The summed E-state index contributed by atoms with van der Waals surface area (Å²) in [6.07, 6.45) is 1.06. The van der Waals surface area contributed by atoms with Gasteiger partial charge in [0.15, 0.2) is 5.78 Å². The second-order valence-corrected chi connectivity index (χ2v) is 5.55. The molecule has 0 radical (unpaired) electrons. The van der Waals surface area contributed by atoms with Gasteiger partial charge in [-0.1, -0.05) is 24.3 Å². The summed E-state index contributed by atoms with van der Waals surface area (Å²) in [6.45, 7) is 6.16. The fraction of sp³-hybridized carbons (Fsp3) is 0.562. The third-order valence-corrected chi connectivity index (χ3v) is 3.93. The number of Topliss-reactive ketones (excluding diaryl/α,β-unsaturated/α-hetero) is 1. The molecule has 0 bridgehead atoms. The molecule has 110 valence electrons. The number of hydrogen-bond acceptors (Lipinski definition) is 4. The van der Waals surface area contributed by atoms with Crippen molar-refractivity contribution in [3.8, 4) is 0 Å². The standard InChI is InChI=1S/C16H25N3O/c1-17-13-16(20)15-5-3-14(4-6-15)7-8-19-11-9-18(2)10-12-19/h3-6,17H,7-13H2,1-2H3. The smallest absolute Gasteiger partial charge is 0.176 e. The van der Waals surface area contributed by atoms with E-state index in [1.54, 1.807) is 7.05 Å². The Bertz CT molecular complexity index is 422. The number of piperazine rings is 1. The second-order valence-electron chi connectivity index (χ2n) is 5.55. The predicted octanol–water partition coefficient (Wildman–Crippen LogP) is 0.879. The number of rotatable bonds is 6. The summed E-state index contributed by atoms with van der Waals surface area (Å²) in [6, 6.07) is 8.05. The molecule has 0 aromatic heterocycles. The monoisotopic (exact) mass is 275 g/mol. The maximum Gasteiger partial charge on any atom is 0.176 e. The zero-order valence-corrected chi connectivity index (χ0v) is 12.6. The number of nitrogens with zero attached hydrogens (tertiary/aromatic N) is 2. The van der Waals surface area contributed by atoms with Gasteiger partial charge in [0.05, 0.1) is 6.54 Å². The number of carbonyl (C=O) groups excluding carboxylic acids is 1. The Morgan fingerprint density at radius 2 is 1.80 bits per heavy atom. The van der Waals surface area contributed by atoms with Crippen LogP contribution >= 0.6 is 0 Å². The van der Waals surface area contributed by atoms with Crippen molar-refractivity contribution in [1.29, 1.82) is 0 Å². The van der Waals surface area contributed by atoms with Gasteiger partial charge < -0.3 is 15.1 Å². The van der Waals surface area contributed by atoms with Gasteiger partial charge in [-0.3, -0.25) is 4.79 Å². The van der Waals surface area contributed by atoms with Crippen LogP contribution in [-0.4, -0.2) is 68.9 Å². The highest BCUT2D eigenvalue weighted by molar-refractivity contribution is 5.97. The lowest BCUT2D eigenvalue weighted by Crippen LogP contribution is -2.45. The summed E-state index contributed by atoms with van der Waals surface area (Å²) in [5.41, 5.74) is 2.10. The molecule has 1 saturated heterocycles. The molecule has 0 aliphatic carbocycles. The molecule has 1 N–H and O–H groups in total. The molecule has 1 aromatic carbocycles. The van der Waals surface area contributed by atoms with Crippen molar-refractivity contribution in [2.45, 2.75) is 6.42 Å². The predicted molar refractivity (Wildman–Crippen MR) is 82.3 cm³/mol. The van der Waals surface area contributed by atoms with E-state index in [1.165, 1.54) is 5.56 Å². The molecule has 1 fully saturated rings. The van der Waals surface area contributed by atoms with Crippen molar-refractivity contribution in [1.82, 2.24) is 15.1 Å². The maximum atomic E-state index is 11.7. The van der Waals surface area contributed by atoms with Crippen molar-refractivity contribution in [2.75, 3.05) is 53.4 Å². The number of ketones is 1. The molecule has 1 aliphatic heterocycles. The Balaban J connectivity index is 1.80. The highest BCUT2D eigenvalue weighted by Gasteiger charge is 2.13. The van der Waals surface area contributed by atoms with Crippen LogP contribution in [0.1, 0.15) is 15.9 Å². The quantitative estimate of drug-likeness (QED) is 0.782. The van der Waals surface area contributed by atoms with E-state index >= 15 is 0 Å². The SMILES string of the molecule is CNCC(=O)c1ccc(CCN2CCN(C)CC2)cc1. The van der Waals surface area contributed by atoms with Crippen molar-refractivity contribution in [2.24, 2.45) is 0 Å². The van der Waals surface area contributed by atoms with Crippen LogP contribution in [0.25, 0.3) is 0 Å². The van der Waals surface area contributed by atoms with Gasteiger partial charge in [0.1, 0.15) is 0 Å². The van der Waals surface area contributed by atoms with Crippen LogP contribution in [0.15, 0.2) is 24.3 Å². The molecule has 1 aliphatic rings. The first-order chi connectivity index (χ1) is 9.69. The van der Waals surface area contributed by atoms with Gasteiger partial charge in [-0.2, -0.15) is 0 Å². The van der Waals surface area contributed by atoms with Gasteiger partial charge >= 0.3 is 0 Å². The van der Waals surface area contributed by atoms with E-state index in [-0.39, 0.29) is 5.78 Å². The highest BCUT2D eigenvalue weighted by atomic mass is 16.1. The summed E-state index contributed by atoms with van der Waals surface area (Å²) in [5, 5.41) is 2.89. The fourth-order valence-corrected chi connectivity index (χ4v) is 2.48. The molecule has 1 aromatic rings. The van der Waals surface area contributed by atoms with Crippen LogP contribution in [-0.2, 0) is 6.42 Å². The van der Waals surface area contributed by atoms with Gasteiger partial charge in [0, 0.05) is 38.3 Å². The lowest BCUT2D eigenvalue weighted by Gasteiger charge is -2.32. The summed E-state index contributed by atoms with van der Waals surface area (Å²) < 4.78 is 0. The fourth-order valence-electron chi connectivity index (χ4n) is 2.48. The van der Waals surface area contributed by atoms with Crippen molar-refractivity contribution >= 4 is 5.78 Å². The Labute approximate surface area is 121 Å². The number of likely N-dealkylation sites (N-methyl/N-ethyl adjacent to an activating group) is 2. The van der Waals surface area contributed by atoms with Crippen LogP contribution in [0.4, 0.5) is 0 Å². The Kier molecular flexibility index (Phi) is 5.71. The van der Waals surface area contributed by atoms with Gasteiger partial charge in [-0.25, -0.2) is 0 Å². The molecule has 4 heteroatoms. The topological polar surface area (TPSA) is 35.6 Å². The Morgan fingerprint density at radius 1 is 1.15 bits per heavy atom. The molecule has 4 nitrogen and oxygen atoms in total. The number of benzene rings is 1. The van der Waals surface area contributed by atoms with E-state index in [4.69, 9.17) is 0 Å². The average molecular weight is 275 g/mol. The average Bonchev–Trinajstić information content (AvgIpc) is 2.47. The first-order valence-corrected chi connectivity index (χ1v) is 7.36. The largest absolute Gasteiger partial charge is 0.313 e. The number of hydrogen-bond donors (Lipinski definition) is 1. The number of nitrogens with one attached hydrogen (secondary N) is 1. The van der Waals surface area contributed by atoms with Gasteiger partial charge in [-0.15, -0.1) is 0 Å². The normalized spacial score (nSPS) is 17.3. The zero-order valence-electron chi connectivity index (χ0n) is 12.6. The number of carbonyl (C=O) groups is 1. The first kappa shape index (κ1) is 15.2. The third-order valence-electron chi connectivity index (χ3n) is 3.93. The zero-order chi connectivity index (χ0) is 14.4. The molecule has 2 rings (SSSR count). The van der Waals surface area contributed by atoms with Crippen LogP contribution in [0.3, 0.4) is 0 Å². The van der Waals surface area contributed by atoms with Crippen LogP contribution < -0.4 is 5.32 Å². The summed E-state index contributed by atoms with van der Waals surface area (Å²) >= 11 is 0. The molecule has 0 unspecified atom stereocenters. The second kappa shape index (κ2) is 7.53. The van der Waals surface area contributed by atoms with E-state index in [2.05, 4.69) is 34.3 Å². The lowest BCUT2D eigenvalue weighted by molar-refractivity contribution is 0.0993. The maximum absolute atomic E-state index is 11.7. The summed E-state index contributed by atoms with van der Waals surface area (Å²) in [5.74, 6) is 0.151. The Morgan fingerprint density at radius 3 is 2.40 bits per heavy atom. The molecule has 1 heterocycles. The van der Waals surface area contributed by atoms with Crippen molar-refractivity contribution < 1.29 is 4.79 Å². The summed E-state index contributed by atoms with van der Waals surface area (Å²) in [7, 11) is 3.97. The van der Waals surface area contributed by atoms with E-state index < -0.39 is 0 Å². The van der Waals surface area contributed by atoms with Gasteiger partial charge in [-0.05, 0) is 26.1 Å². The minimum absolute atomic E-state index is 0.151. The van der Waals surface area contributed by atoms with Crippen molar-refractivity contribution in [3.05, 3.63) is 35.4 Å². The molecular weight excluding hydrogens is 250 g/mol. The van der Waals surface area contributed by atoms with E-state index in [0.717, 1.165) is 44.7 Å². The summed E-state index contributed by atoms with van der Waals surface area (Å²) in [4.78, 5) is 16.6. The van der Waals surface area contributed by atoms with Crippen LogP contribution in [0.5, 0.6) is 0 Å². The molecule has 0 spiro atoms. The third kappa shape index (κ3) is 4.40. The van der Waals surface area contributed by atoms with Gasteiger partial charge in [0.2, 0.25) is 0 Å². The van der Waals surface area contributed by atoms with Crippen LogP contribution in [0, 0.1) is 0 Å². The minimum Gasteiger partial charge on any atom is -0.313 e. The van der Waals surface area contributed by atoms with Crippen molar-refractivity contribution in [3.63, 3.8) is 0 Å². The highest BCUT2D eigenvalue weighted by Crippen LogP contribution is 2.08. The minimum atomic E-state index is 0.151. The molecule has 0 saturated carbocycles.